The lowest BCUT2D eigenvalue weighted by Gasteiger charge is -2.29. The van der Waals surface area contributed by atoms with Crippen LogP contribution in [0.2, 0.25) is 0 Å². The van der Waals surface area contributed by atoms with E-state index >= 15 is 0 Å². The Hall–Kier alpha value is -1.31. The van der Waals surface area contributed by atoms with E-state index < -0.39 is 0 Å². The summed E-state index contributed by atoms with van der Waals surface area (Å²) < 4.78 is 1.00. The van der Waals surface area contributed by atoms with Crippen molar-refractivity contribution in [3.63, 3.8) is 0 Å². The van der Waals surface area contributed by atoms with Crippen molar-refractivity contribution in [2.45, 2.75) is 13.0 Å². The van der Waals surface area contributed by atoms with Crippen molar-refractivity contribution in [2.75, 3.05) is 11.4 Å². The standard InChI is InChI=1S/C14H11BrN2S/c15-12-7-10(8-16)1-2-13(12)17-5-3-14-11(9-17)4-6-18-14/h1-2,4,6-7H,3,5,9H2. The fourth-order valence-corrected chi connectivity index (χ4v) is 3.81. The van der Waals surface area contributed by atoms with Crippen molar-refractivity contribution in [3.8, 4) is 6.07 Å². The summed E-state index contributed by atoms with van der Waals surface area (Å²) in [5.41, 5.74) is 3.30. The molecular formula is C14H11BrN2S. The zero-order valence-corrected chi connectivity index (χ0v) is 12.1. The zero-order chi connectivity index (χ0) is 12.5. The van der Waals surface area contributed by atoms with Gasteiger partial charge in [-0.25, -0.2) is 0 Å². The summed E-state index contributed by atoms with van der Waals surface area (Å²) in [6, 6.07) is 10.2. The van der Waals surface area contributed by atoms with Crippen molar-refractivity contribution < 1.29 is 0 Å². The smallest absolute Gasteiger partial charge is 0.0992 e. The number of hydrogen-bond acceptors (Lipinski definition) is 3. The predicted molar refractivity (Wildman–Crippen MR) is 77.9 cm³/mol. The summed E-state index contributed by atoms with van der Waals surface area (Å²) in [5.74, 6) is 0. The van der Waals surface area contributed by atoms with Crippen molar-refractivity contribution in [2.24, 2.45) is 0 Å². The van der Waals surface area contributed by atoms with Crippen molar-refractivity contribution in [3.05, 3.63) is 50.1 Å². The predicted octanol–water partition coefficient (Wildman–Crippen LogP) is 3.94. The first-order valence-corrected chi connectivity index (χ1v) is 7.45. The van der Waals surface area contributed by atoms with Gasteiger partial charge in [0.2, 0.25) is 0 Å². The average molecular weight is 319 g/mol. The monoisotopic (exact) mass is 318 g/mol. The molecule has 0 radical (unpaired) electrons. The molecule has 1 aliphatic heterocycles. The van der Waals surface area contributed by atoms with Gasteiger partial charge in [0.1, 0.15) is 0 Å². The summed E-state index contributed by atoms with van der Waals surface area (Å²) in [6.45, 7) is 2.00. The van der Waals surface area contributed by atoms with E-state index in [-0.39, 0.29) is 0 Å². The average Bonchev–Trinajstić information content (AvgIpc) is 2.85. The number of benzene rings is 1. The summed E-state index contributed by atoms with van der Waals surface area (Å²) in [6.07, 6.45) is 1.11. The molecule has 0 fully saturated rings. The van der Waals surface area contributed by atoms with Crippen LogP contribution in [0.15, 0.2) is 34.1 Å². The summed E-state index contributed by atoms with van der Waals surface area (Å²) in [7, 11) is 0. The number of nitrogens with zero attached hydrogens (tertiary/aromatic N) is 2. The van der Waals surface area contributed by atoms with Gasteiger partial charge in [0.15, 0.2) is 0 Å². The van der Waals surface area contributed by atoms with Crippen LogP contribution in [0.25, 0.3) is 0 Å². The largest absolute Gasteiger partial charge is 0.366 e. The highest BCUT2D eigenvalue weighted by atomic mass is 79.9. The maximum absolute atomic E-state index is 8.88. The lowest BCUT2D eigenvalue weighted by Crippen LogP contribution is -2.29. The lowest BCUT2D eigenvalue weighted by molar-refractivity contribution is 0.742. The zero-order valence-electron chi connectivity index (χ0n) is 9.69. The third kappa shape index (κ3) is 2.05. The highest BCUT2D eigenvalue weighted by Crippen LogP contribution is 2.32. The van der Waals surface area contributed by atoms with E-state index in [1.807, 2.05) is 29.5 Å². The number of halogens is 1. The first-order valence-electron chi connectivity index (χ1n) is 5.78. The second kappa shape index (κ2) is 4.75. The van der Waals surface area contributed by atoms with Gasteiger partial charge in [-0.15, -0.1) is 11.3 Å². The molecule has 4 heteroatoms. The van der Waals surface area contributed by atoms with Crippen LogP contribution in [0, 0.1) is 11.3 Å². The molecule has 3 rings (SSSR count). The molecule has 0 bridgehead atoms. The van der Waals surface area contributed by atoms with E-state index in [0.717, 1.165) is 24.0 Å². The minimum atomic E-state index is 0.693. The Morgan fingerprint density at radius 1 is 1.33 bits per heavy atom. The number of nitriles is 1. The van der Waals surface area contributed by atoms with Crippen LogP contribution in [-0.2, 0) is 13.0 Å². The Kier molecular flexibility index (Phi) is 3.11. The quantitative estimate of drug-likeness (QED) is 0.796. The molecule has 0 atom stereocenters. The molecule has 0 amide bonds. The molecule has 18 heavy (non-hydrogen) atoms. The second-order valence-electron chi connectivity index (χ2n) is 4.32. The maximum Gasteiger partial charge on any atom is 0.0992 e. The van der Waals surface area contributed by atoms with Crippen LogP contribution >= 0.6 is 27.3 Å². The van der Waals surface area contributed by atoms with Gasteiger partial charge in [0, 0.05) is 22.4 Å². The number of thiophene rings is 1. The van der Waals surface area contributed by atoms with Crippen molar-refractivity contribution in [1.82, 2.24) is 0 Å². The third-order valence-corrected chi connectivity index (χ3v) is 4.88. The number of anilines is 1. The first-order chi connectivity index (χ1) is 8.78. The molecule has 0 N–H and O–H groups in total. The molecule has 2 aromatic rings. The first kappa shape index (κ1) is 11.8. The lowest BCUT2D eigenvalue weighted by atomic mass is 10.1. The van der Waals surface area contributed by atoms with Crippen LogP contribution in [-0.4, -0.2) is 6.54 Å². The molecule has 0 saturated carbocycles. The van der Waals surface area contributed by atoms with Gasteiger partial charge >= 0.3 is 0 Å². The highest BCUT2D eigenvalue weighted by Gasteiger charge is 2.19. The minimum Gasteiger partial charge on any atom is -0.366 e. The van der Waals surface area contributed by atoms with E-state index in [9.17, 15) is 0 Å². The topological polar surface area (TPSA) is 27.0 Å². The normalized spacial score (nSPS) is 14.1. The van der Waals surface area contributed by atoms with Crippen LogP contribution in [0.5, 0.6) is 0 Å². The van der Waals surface area contributed by atoms with E-state index in [1.54, 1.807) is 0 Å². The minimum absolute atomic E-state index is 0.693. The maximum atomic E-state index is 8.88. The summed E-state index contributed by atoms with van der Waals surface area (Å²) in [5, 5.41) is 11.1. The molecule has 0 aliphatic carbocycles. The van der Waals surface area contributed by atoms with Gasteiger partial charge in [-0.2, -0.15) is 5.26 Å². The molecule has 1 aliphatic rings. The Labute approximate surface area is 119 Å². The Morgan fingerprint density at radius 3 is 3.00 bits per heavy atom. The van der Waals surface area contributed by atoms with Gasteiger partial charge in [-0.3, -0.25) is 0 Å². The molecule has 0 saturated heterocycles. The molecule has 1 aromatic heterocycles. The fourth-order valence-electron chi connectivity index (χ4n) is 2.29. The van der Waals surface area contributed by atoms with Crippen LogP contribution in [0.1, 0.15) is 16.0 Å². The van der Waals surface area contributed by atoms with Gasteiger partial charge in [0.05, 0.1) is 17.3 Å². The SMILES string of the molecule is N#Cc1ccc(N2CCc3sccc3C2)c(Br)c1. The number of hydrogen-bond donors (Lipinski definition) is 0. The Bertz CT molecular complexity index is 627. The third-order valence-electron chi connectivity index (χ3n) is 3.23. The Morgan fingerprint density at radius 2 is 2.22 bits per heavy atom. The molecule has 2 heterocycles. The van der Waals surface area contributed by atoms with Gasteiger partial charge < -0.3 is 4.90 Å². The number of fused-ring (bicyclic) bond motifs is 1. The van der Waals surface area contributed by atoms with Crippen LogP contribution in [0.4, 0.5) is 5.69 Å². The van der Waals surface area contributed by atoms with Crippen molar-refractivity contribution >= 4 is 33.0 Å². The van der Waals surface area contributed by atoms with E-state index in [1.165, 1.54) is 16.1 Å². The molecule has 0 spiro atoms. The molecule has 0 unspecified atom stereocenters. The number of rotatable bonds is 1. The van der Waals surface area contributed by atoms with Crippen molar-refractivity contribution in [1.29, 1.82) is 5.26 Å². The Balaban J connectivity index is 1.91. The van der Waals surface area contributed by atoms with Gasteiger partial charge in [-0.05, 0) is 57.6 Å². The fraction of sp³-hybridized carbons (Fsp3) is 0.214. The molecule has 90 valence electrons. The summed E-state index contributed by atoms with van der Waals surface area (Å²) in [4.78, 5) is 3.87. The van der Waals surface area contributed by atoms with Crippen LogP contribution in [0.3, 0.4) is 0 Å². The molecular weight excluding hydrogens is 308 g/mol. The second-order valence-corrected chi connectivity index (χ2v) is 6.17. The molecule has 2 nitrogen and oxygen atoms in total. The van der Waals surface area contributed by atoms with Gasteiger partial charge in [-0.1, -0.05) is 0 Å². The van der Waals surface area contributed by atoms with Gasteiger partial charge in [0.25, 0.3) is 0 Å². The van der Waals surface area contributed by atoms with E-state index in [2.05, 4.69) is 38.3 Å². The highest BCUT2D eigenvalue weighted by molar-refractivity contribution is 9.10. The summed E-state index contributed by atoms with van der Waals surface area (Å²) >= 11 is 5.42. The molecule has 1 aromatic carbocycles. The van der Waals surface area contributed by atoms with Crippen LogP contribution < -0.4 is 4.90 Å². The van der Waals surface area contributed by atoms with E-state index in [0.29, 0.717) is 5.56 Å². The van der Waals surface area contributed by atoms with E-state index in [4.69, 9.17) is 5.26 Å².